The molecule has 0 saturated heterocycles. The molecular formula is C13H18O3. The number of carboxylic acids is 1. The Balaban J connectivity index is 2.18. The average Bonchev–Trinajstić information content (AvgIpc) is 2.29. The molecule has 2 aliphatic carbocycles. The van der Waals surface area contributed by atoms with Crippen LogP contribution in [0.4, 0.5) is 0 Å². The van der Waals surface area contributed by atoms with Gasteiger partial charge in [-0.25, -0.2) is 0 Å². The number of carbonyl (C=O) groups excluding carboxylic acids is 1. The summed E-state index contributed by atoms with van der Waals surface area (Å²) in [5, 5.41) is 9.17. The quantitative estimate of drug-likeness (QED) is 0.781. The lowest BCUT2D eigenvalue weighted by atomic mass is 9.74. The molecule has 0 heterocycles. The molecule has 0 aromatic carbocycles. The third-order valence-corrected chi connectivity index (χ3v) is 3.78. The fourth-order valence-electron chi connectivity index (χ4n) is 2.92. The minimum absolute atomic E-state index is 0.109. The molecule has 1 atom stereocenters. The molecule has 1 N–H and O–H groups in total. The highest BCUT2D eigenvalue weighted by atomic mass is 16.4. The lowest BCUT2D eigenvalue weighted by Crippen LogP contribution is -2.27. The Morgan fingerprint density at radius 2 is 1.88 bits per heavy atom. The maximum absolute atomic E-state index is 11.4. The monoisotopic (exact) mass is 222 g/mol. The van der Waals surface area contributed by atoms with Crippen LogP contribution in [0.3, 0.4) is 0 Å². The molecule has 1 fully saturated rings. The van der Waals surface area contributed by atoms with Crippen molar-refractivity contribution >= 4 is 11.8 Å². The molecule has 0 aromatic rings. The number of hydrogen-bond acceptors (Lipinski definition) is 2. The van der Waals surface area contributed by atoms with Gasteiger partial charge in [0.15, 0.2) is 5.78 Å². The summed E-state index contributed by atoms with van der Waals surface area (Å²) in [6.45, 7) is 0. The zero-order valence-corrected chi connectivity index (χ0v) is 9.45. The van der Waals surface area contributed by atoms with Crippen LogP contribution in [0, 0.1) is 11.8 Å². The average molecular weight is 222 g/mol. The molecular weight excluding hydrogens is 204 g/mol. The zero-order chi connectivity index (χ0) is 11.5. The first kappa shape index (κ1) is 11.4. The number of ketones is 1. The van der Waals surface area contributed by atoms with E-state index in [0.29, 0.717) is 18.8 Å². The molecule has 0 spiro atoms. The Morgan fingerprint density at radius 3 is 2.50 bits per heavy atom. The Kier molecular flexibility index (Phi) is 3.42. The Hall–Kier alpha value is -1.12. The van der Waals surface area contributed by atoms with Gasteiger partial charge in [-0.05, 0) is 36.8 Å². The third-order valence-electron chi connectivity index (χ3n) is 3.78. The molecule has 0 amide bonds. The van der Waals surface area contributed by atoms with Gasteiger partial charge in [0.25, 0.3) is 0 Å². The van der Waals surface area contributed by atoms with Crippen LogP contribution < -0.4 is 0 Å². The second-order valence-electron chi connectivity index (χ2n) is 4.88. The van der Waals surface area contributed by atoms with Crippen molar-refractivity contribution in [3.63, 3.8) is 0 Å². The van der Waals surface area contributed by atoms with E-state index >= 15 is 0 Å². The summed E-state index contributed by atoms with van der Waals surface area (Å²) in [6.07, 6.45) is 8.22. The molecule has 0 aromatic heterocycles. The maximum Gasteiger partial charge on any atom is 0.310 e. The number of hydrogen-bond donors (Lipinski definition) is 1. The molecule has 16 heavy (non-hydrogen) atoms. The second kappa shape index (κ2) is 4.81. The van der Waals surface area contributed by atoms with Crippen LogP contribution >= 0.6 is 0 Å². The summed E-state index contributed by atoms with van der Waals surface area (Å²) in [5.74, 6) is -0.706. The fourth-order valence-corrected chi connectivity index (χ4v) is 2.92. The van der Waals surface area contributed by atoms with E-state index in [1.54, 1.807) is 6.08 Å². The highest BCUT2D eigenvalue weighted by Crippen LogP contribution is 2.37. The van der Waals surface area contributed by atoms with Crippen molar-refractivity contribution in [3.8, 4) is 0 Å². The van der Waals surface area contributed by atoms with Crippen molar-refractivity contribution in [2.45, 2.75) is 44.9 Å². The Morgan fingerprint density at radius 1 is 1.19 bits per heavy atom. The van der Waals surface area contributed by atoms with E-state index in [2.05, 4.69) is 0 Å². The van der Waals surface area contributed by atoms with E-state index in [1.165, 1.54) is 19.3 Å². The van der Waals surface area contributed by atoms with Gasteiger partial charge in [-0.1, -0.05) is 19.3 Å². The van der Waals surface area contributed by atoms with Crippen LogP contribution in [-0.4, -0.2) is 16.9 Å². The van der Waals surface area contributed by atoms with Crippen molar-refractivity contribution < 1.29 is 14.7 Å². The van der Waals surface area contributed by atoms with Crippen LogP contribution in [0.5, 0.6) is 0 Å². The van der Waals surface area contributed by atoms with Gasteiger partial charge in [0, 0.05) is 6.42 Å². The highest BCUT2D eigenvalue weighted by molar-refractivity contribution is 5.93. The van der Waals surface area contributed by atoms with Crippen LogP contribution in [0.2, 0.25) is 0 Å². The van der Waals surface area contributed by atoms with Crippen molar-refractivity contribution in [1.82, 2.24) is 0 Å². The lowest BCUT2D eigenvalue weighted by molar-refractivity contribution is -0.141. The van der Waals surface area contributed by atoms with E-state index in [1.807, 2.05) is 0 Å². The first-order valence-corrected chi connectivity index (χ1v) is 6.15. The minimum Gasteiger partial charge on any atom is -0.481 e. The molecule has 2 aliphatic rings. The fraction of sp³-hybridized carbons (Fsp3) is 0.692. The van der Waals surface area contributed by atoms with Crippen LogP contribution in [-0.2, 0) is 9.59 Å². The number of carbonyl (C=O) groups is 2. The molecule has 1 saturated carbocycles. The third kappa shape index (κ3) is 2.34. The van der Waals surface area contributed by atoms with E-state index in [4.69, 9.17) is 0 Å². The number of allylic oxidation sites excluding steroid dienone is 1. The SMILES string of the molecule is O=C1C=C(C2CCCCC2)C(C(=O)O)CC1. The lowest BCUT2D eigenvalue weighted by Gasteiger charge is -2.30. The summed E-state index contributed by atoms with van der Waals surface area (Å²) in [6, 6.07) is 0. The molecule has 3 heteroatoms. The van der Waals surface area contributed by atoms with Crippen LogP contribution in [0.25, 0.3) is 0 Å². The molecule has 2 rings (SSSR count). The minimum atomic E-state index is -0.760. The Bertz CT molecular complexity index is 324. The summed E-state index contributed by atoms with van der Waals surface area (Å²) >= 11 is 0. The smallest absolute Gasteiger partial charge is 0.310 e. The van der Waals surface area contributed by atoms with Gasteiger partial charge < -0.3 is 5.11 Å². The van der Waals surface area contributed by atoms with Crippen molar-refractivity contribution in [1.29, 1.82) is 0 Å². The first-order chi connectivity index (χ1) is 7.68. The van der Waals surface area contributed by atoms with Gasteiger partial charge in [-0.15, -0.1) is 0 Å². The normalized spacial score (nSPS) is 27.6. The van der Waals surface area contributed by atoms with E-state index in [-0.39, 0.29) is 5.78 Å². The van der Waals surface area contributed by atoms with E-state index in [0.717, 1.165) is 18.4 Å². The van der Waals surface area contributed by atoms with E-state index < -0.39 is 11.9 Å². The molecule has 0 bridgehead atoms. The van der Waals surface area contributed by atoms with Crippen LogP contribution in [0.15, 0.2) is 11.6 Å². The number of carboxylic acid groups (broad SMARTS) is 1. The van der Waals surface area contributed by atoms with Gasteiger partial charge in [-0.2, -0.15) is 0 Å². The van der Waals surface area contributed by atoms with Gasteiger partial charge in [-0.3, -0.25) is 9.59 Å². The molecule has 3 nitrogen and oxygen atoms in total. The molecule has 0 radical (unpaired) electrons. The number of aliphatic carboxylic acids is 1. The van der Waals surface area contributed by atoms with Crippen molar-refractivity contribution in [3.05, 3.63) is 11.6 Å². The highest BCUT2D eigenvalue weighted by Gasteiger charge is 2.32. The molecule has 88 valence electrons. The van der Waals surface area contributed by atoms with Crippen LogP contribution in [0.1, 0.15) is 44.9 Å². The zero-order valence-electron chi connectivity index (χ0n) is 9.45. The van der Waals surface area contributed by atoms with E-state index in [9.17, 15) is 14.7 Å². The molecule has 1 unspecified atom stereocenters. The summed E-state index contributed by atoms with van der Waals surface area (Å²) in [7, 11) is 0. The Labute approximate surface area is 95.5 Å². The van der Waals surface area contributed by atoms with Crippen molar-refractivity contribution in [2.24, 2.45) is 11.8 Å². The summed E-state index contributed by atoms with van der Waals surface area (Å²) in [5.41, 5.74) is 0.906. The van der Waals surface area contributed by atoms with Crippen molar-refractivity contribution in [2.75, 3.05) is 0 Å². The standard InChI is InChI=1S/C13H18O3/c14-10-6-7-11(13(15)16)12(8-10)9-4-2-1-3-5-9/h8-9,11H,1-7H2,(H,15,16). The predicted octanol–water partition coefficient (Wildman–Crippen LogP) is 2.56. The van der Waals surface area contributed by atoms with Gasteiger partial charge >= 0.3 is 5.97 Å². The second-order valence-corrected chi connectivity index (χ2v) is 4.88. The summed E-state index contributed by atoms with van der Waals surface area (Å²) in [4.78, 5) is 22.6. The maximum atomic E-state index is 11.4. The first-order valence-electron chi connectivity index (χ1n) is 6.15. The topological polar surface area (TPSA) is 54.4 Å². The predicted molar refractivity (Wildman–Crippen MR) is 60.0 cm³/mol. The van der Waals surface area contributed by atoms with Gasteiger partial charge in [0.2, 0.25) is 0 Å². The largest absolute Gasteiger partial charge is 0.481 e. The van der Waals surface area contributed by atoms with Gasteiger partial charge in [0.1, 0.15) is 0 Å². The van der Waals surface area contributed by atoms with Gasteiger partial charge in [0.05, 0.1) is 5.92 Å². The number of rotatable bonds is 2. The molecule has 0 aliphatic heterocycles. The summed E-state index contributed by atoms with van der Waals surface area (Å²) < 4.78 is 0.